The summed E-state index contributed by atoms with van der Waals surface area (Å²) >= 11 is 0. The second-order valence-corrected chi connectivity index (χ2v) is 4.86. The van der Waals surface area contributed by atoms with Gasteiger partial charge in [-0.15, -0.1) is 0 Å². The van der Waals surface area contributed by atoms with E-state index in [1.54, 1.807) is 7.05 Å². The van der Waals surface area contributed by atoms with Crippen molar-refractivity contribution in [3.63, 3.8) is 0 Å². The fourth-order valence-corrected chi connectivity index (χ4v) is 2.57. The first-order valence-electron chi connectivity index (χ1n) is 6.36. The third-order valence-electron chi connectivity index (χ3n) is 3.54. The van der Waals surface area contributed by atoms with Crippen LogP contribution < -0.4 is 11.1 Å². The van der Waals surface area contributed by atoms with Crippen molar-refractivity contribution in [1.29, 1.82) is 0 Å². The maximum atomic E-state index is 12.2. The molecule has 0 radical (unpaired) electrons. The zero-order chi connectivity index (χ0) is 13.4. The number of fused-ring (bicyclic) bond motifs is 1. The summed E-state index contributed by atoms with van der Waals surface area (Å²) in [6.07, 6.45) is 4.91. The lowest BCUT2D eigenvalue weighted by Crippen LogP contribution is -2.17. The molecular formula is C14H16N4O. The minimum absolute atomic E-state index is 0.226. The van der Waals surface area contributed by atoms with Gasteiger partial charge >= 0.3 is 0 Å². The molecule has 0 spiro atoms. The highest BCUT2D eigenvalue weighted by Gasteiger charge is 2.16. The van der Waals surface area contributed by atoms with E-state index in [9.17, 15) is 4.79 Å². The largest absolute Gasteiger partial charge is 0.396 e. The maximum Gasteiger partial charge on any atom is 0.276 e. The van der Waals surface area contributed by atoms with Crippen molar-refractivity contribution < 1.29 is 4.79 Å². The summed E-state index contributed by atoms with van der Waals surface area (Å²) in [5.74, 6) is -0.226. The predicted octanol–water partition coefficient (Wildman–Crippen LogP) is 1.74. The molecule has 0 saturated carbocycles. The zero-order valence-corrected chi connectivity index (χ0v) is 10.8. The zero-order valence-electron chi connectivity index (χ0n) is 10.8. The summed E-state index contributed by atoms with van der Waals surface area (Å²) in [5.41, 5.74) is 10.0. The lowest BCUT2D eigenvalue weighted by Gasteiger charge is -2.08. The number of nitrogen functional groups attached to an aromatic ring is 1. The number of nitrogens with zero attached hydrogens (tertiary/aromatic N) is 2. The number of amides is 1. The molecule has 19 heavy (non-hydrogen) atoms. The number of aromatic nitrogens is 2. The van der Waals surface area contributed by atoms with E-state index in [0.29, 0.717) is 11.4 Å². The summed E-state index contributed by atoms with van der Waals surface area (Å²) in [6.45, 7) is 0. The van der Waals surface area contributed by atoms with E-state index in [-0.39, 0.29) is 5.91 Å². The number of hydrogen-bond donors (Lipinski definition) is 2. The van der Waals surface area contributed by atoms with Crippen molar-refractivity contribution in [2.45, 2.75) is 19.3 Å². The Bertz CT molecular complexity index is 625. The van der Waals surface area contributed by atoms with E-state index >= 15 is 0 Å². The van der Waals surface area contributed by atoms with Crippen LogP contribution in [0.1, 0.15) is 28.0 Å². The number of nitrogens with one attached hydrogen (secondary N) is 1. The highest BCUT2D eigenvalue weighted by molar-refractivity contribution is 6.06. The first kappa shape index (κ1) is 11.8. The van der Waals surface area contributed by atoms with Gasteiger partial charge in [0.25, 0.3) is 5.91 Å². The summed E-state index contributed by atoms with van der Waals surface area (Å²) in [4.78, 5) is 12.2. The smallest absolute Gasteiger partial charge is 0.276 e. The molecule has 1 aromatic carbocycles. The van der Waals surface area contributed by atoms with Crippen LogP contribution in [0.2, 0.25) is 0 Å². The molecule has 5 nitrogen and oxygen atoms in total. The second kappa shape index (κ2) is 4.42. The molecule has 0 atom stereocenters. The van der Waals surface area contributed by atoms with Crippen LogP contribution in [0.15, 0.2) is 24.4 Å². The van der Waals surface area contributed by atoms with Gasteiger partial charge in [-0.25, -0.2) is 0 Å². The Kier molecular flexibility index (Phi) is 2.74. The standard InChI is InChI=1S/C14H16N4O/c1-18-13(12(15)8-16-18)14(19)17-11-6-5-9-3-2-4-10(9)7-11/h5-8H,2-4,15H2,1H3,(H,17,19). The number of hydrogen-bond acceptors (Lipinski definition) is 3. The Balaban J connectivity index is 1.84. The first-order valence-corrected chi connectivity index (χ1v) is 6.36. The molecular weight excluding hydrogens is 240 g/mol. The van der Waals surface area contributed by atoms with Crippen LogP contribution >= 0.6 is 0 Å². The minimum atomic E-state index is -0.226. The molecule has 3 rings (SSSR count). The summed E-state index contributed by atoms with van der Waals surface area (Å²) in [5, 5.41) is 6.84. The van der Waals surface area contributed by atoms with Crippen LogP contribution in [-0.2, 0) is 19.9 Å². The van der Waals surface area contributed by atoms with Crippen LogP contribution in [-0.4, -0.2) is 15.7 Å². The van der Waals surface area contributed by atoms with Crippen LogP contribution in [0.4, 0.5) is 11.4 Å². The molecule has 0 saturated heterocycles. The molecule has 1 aliphatic rings. The lowest BCUT2D eigenvalue weighted by atomic mass is 10.1. The van der Waals surface area contributed by atoms with E-state index in [0.717, 1.165) is 18.5 Å². The summed E-state index contributed by atoms with van der Waals surface area (Å²) in [6, 6.07) is 6.08. The van der Waals surface area contributed by atoms with Gasteiger partial charge in [-0.1, -0.05) is 6.07 Å². The summed E-state index contributed by atoms with van der Waals surface area (Å²) in [7, 11) is 1.70. The predicted molar refractivity (Wildman–Crippen MR) is 74.0 cm³/mol. The second-order valence-electron chi connectivity index (χ2n) is 4.86. The molecule has 5 heteroatoms. The van der Waals surface area contributed by atoms with Crippen LogP contribution in [0.5, 0.6) is 0 Å². The van der Waals surface area contributed by atoms with Gasteiger partial charge in [0.15, 0.2) is 0 Å². The maximum absolute atomic E-state index is 12.2. The highest BCUT2D eigenvalue weighted by atomic mass is 16.2. The molecule has 1 heterocycles. The van der Waals surface area contributed by atoms with Crippen LogP contribution in [0, 0.1) is 0 Å². The van der Waals surface area contributed by atoms with E-state index in [1.807, 2.05) is 12.1 Å². The van der Waals surface area contributed by atoms with Crippen molar-refractivity contribution in [2.24, 2.45) is 7.05 Å². The molecule has 1 aliphatic carbocycles. The topological polar surface area (TPSA) is 72.9 Å². The van der Waals surface area contributed by atoms with Crippen LogP contribution in [0.3, 0.4) is 0 Å². The molecule has 0 bridgehead atoms. The molecule has 2 aromatic rings. The van der Waals surface area contributed by atoms with Gasteiger partial charge in [0, 0.05) is 12.7 Å². The molecule has 0 unspecified atom stereocenters. The Hall–Kier alpha value is -2.30. The van der Waals surface area contributed by atoms with Gasteiger partial charge < -0.3 is 11.1 Å². The lowest BCUT2D eigenvalue weighted by molar-refractivity contribution is 0.101. The van der Waals surface area contributed by atoms with E-state index in [1.165, 1.54) is 28.4 Å². The van der Waals surface area contributed by atoms with E-state index in [4.69, 9.17) is 5.73 Å². The van der Waals surface area contributed by atoms with Crippen molar-refractivity contribution in [1.82, 2.24) is 9.78 Å². The molecule has 0 fully saturated rings. The number of rotatable bonds is 2. The van der Waals surface area contributed by atoms with Crippen molar-refractivity contribution in [3.8, 4) is 0 Å². The van der Waals surface area contributed by atoms with Gasteiger partial charge in [0.2, 0.25) is 0 Å². The number of aryl methyl sites for hydroxylation is 3. The SMILES string of the molecule is Cn1ncc(N)c1C(=O)Nc1ccc2c(c1)CCC2. The van der Waals surface area contributed by atoms with Gasteiger partial charge in [0.1, 0.15) is 5.69 Å². The first-order chi connectivity index (χ1) is 9.15. The number of carbonyl (C=O) groups excluding carboxylic acids is 1. The van der Waals surface area contributed by atoms with Gasteiger partial charge in [-0.05, 0) is 42.5 Å². The molecule has 0 aliphatic heterocycles. The fraction of sp³-hybridized carbons (Fsp3) is 0.286. The summed E-state index contributed by atoms with van der Waals surface area (Å²) < 4.78 is 1.48. The molecule has 1 aromatic heterocycles. The Morgan fingerprint density at radius 1 is 1.37 bits per heavy atom. The normalized spacial score (nSPS) is 13.3. The Morgan fingerprint density at radius 3 is 2.89 bits per heavy atom. The Labute approximate surface area is 111 Å². The fourth-order valence-electron chi connectivity index (χ4n) is 2.57. The average Bonchev–Trinajstić information content (AvgIpc) is 2.95. The quantitative estimate of drug-likeness (QED) is 0.859. The number of carbonyl (C=O) groups is 1. The van der Waals surface area contributed by atoms with Crippen molar-refractivity contribution >= 4 is 17.3 Å². The van der Waals surface area contributed by atoms with E-state index in [2.05, 4.69) is 16.5 Å². The van der Waals surface area contributed by atoms with Crippen molar-refractivity contribution in [2.75, 3.05) is 11.1 Å². The number of benzene rings is 1. The third kappa shape index (κ3) is 2.07. The third-order valence-corrected chi connectivity index (χ3v) is 3.54. The van der Waals surface area contributed by atoms with Gasteiger partial charge in [0.05, 0.1) is 11.9 Å². The molecule has 1 amide bonds. The van der Waals surface area contributed by atoms with Gasteiger partial charge in [-0.2, -0.15) is 5.10 Å². The van der Waals surface area contributed by atoms with Crippen molar-refractivity contribution in [3.05, 3.63) is 41.2 Å². The number of nitrogens with two attached hydrogens (primary N) is 1. The highest BCUT2D eigenvalue weighted by Crippen LogP contribution is 2.25. The average molecular weight is 256 g/mol. The molecule has 98 valence electrons. The Morgan fingerprint density at radius 2 is 2.16 bits per heavy atom. The minimum Gasteiger partial charge on any atom is -0.396 e. The monoisotopic (exact) mass is 256 g/mol. The number of anilines is 2. The van der Waals surface area contributed by atoms with E-state index < -0.39 is 0 Å². The van der Waals surface area contributed by atoms with Gasteiger partial charge in [-0.3, -0.25) is 9.48 Å². The van der Waals surface area contributed by atoms with Crippen LogP contribution in [0.25, 0.3) is 0 Å². The molecule has 3 N–H and O–H groups in total.